The Balaban J connectivity index is 2.01. The van der Waals surface area contributed by atoms with E-state index in [1.807, 2.05) is 17.7 Å². The third kappa shape index (κ3) is 3.40. The van der Waals surface area contributed by atoms with Gasteiger partial charge in [0.2, 0.25) is 0 Å². The fourth-order valence-electron chi connectivity index (χ4n) is 3.31. The number of carbonyl (C=O) groups is 1. The first-order valence-corrected chi connectivity index (χ1v) is 8.46. The van der Waals surface area contributed by atoms with Crippen LogP contribution in [-0.4, -0.2) is 27.1 Å². The van der Waals surface area contributed by atoms with E-state index in [9.17, 15) is 14.9 Å². The Labute approximate surface area is 145 Å². The van der Waals surface area contributed by atoms with Gasteiger partial charge in [-0.15, -0.1) is 0 Å². The molecule has 0 saturated heterocycles. The largest absolute Gasteiger partial charge is 0.461 e. The summed E-state index contributed by atoms with van der Waals surface area (Å²) < 4.78 is 6.86. The summed E-state index contributed by atoms with van der Waals surface area (Å²) in [4.78, 5) is 27.2. The zero-order valence-electron chi connectivity index (χ0n) is 14.3. The molecule has 7 heteroatoms. The molecule has 0 bridgehead atoms. The van der Waals surface area contributed by atoms with E-state index < -0.39 is 5.97 Å². The van der Waals surface area contributed by atoms with Crippen molar-refractivity contribution in [2.45, 2.75) is 32.1 Å². The summed E-state index contributed by atoms with van der Waals surface area (Å²) in [5.74, 6) is 0.601. The van der Waals surface area contributed by atoms with E-state index in [4.69, 9.17) is 4.74 Å². The van der Waals surface area contributed by atoms with Gasteiger partial charge in [-0.2, -0.15) is 0 Å². The van der Waals surface area contributed by atoms with E-state index in [0.29, 0.717) is 12.5 Å². The van der Waals surface area contributed by atoms with Gasteiger partial charge in [0.25, 0.3) is 5.69 Å². The van der Waals surface area contributed by atoms with Crippen LogP contribution in [0.4, 0.5) is 5.69 Å². The SMILES string of the molecule is CCOC(=O)c1cn(C)c(C(c2cccc([N+](=O)[O-])c2)C2CCC2)n1. The van der Waals surface area contributed by atoms with Crippen molar-refractivity contribution in [2.75, 3.05) is 6.61 Å². The van der Waals surface area contributed by atoms with E-state index in [0.717, 1.165) is 30.7 Å². The van der Waals surface area contributed by atoms with E-state index in [1.54, 1.807) is 25.3 Å². The highest BCUT2D eigenvalue weighted by Crippen LogP contribution is 2.43. The molecular weight excluding hydrogens is 322 g/mol. The summed E-state index contributed by atoms with van der Waals surface area (Å²) in [6.07, 6.45) is 4.91. The minimum Gasteiger partial charge on any atom is -0.461 e. The van der Waals surface area contributed by atoms with Crippen molar-refractivity contribution in [1.29, 1.82) is 0 Å². The molecule has 1 saturated carbocycles. The number of nitro groups is 1. The summed E-state index contributed by atoms with van der Waals surface area (Å²) in [6.45, 7) is 2.05. The minimum absolute atomic E-state index is 0.0678. The smallest absolute Gasteiger partial charge is 0.358 e. The van der Waals surface area contributed by atoms with Crippen molar-refractivity contribution in [3.8, 4) is 0 Å². The Morgan fingerprint density at radius 2 is 2.24 bits per heavy atom. The lowest BCUT2D eigenvalue weighted by Gasteiger charge is -2.33. The molecule has 3 rings (SSSR count). The first kappa shape index (κ1) is 17.1. The van der Waals surface area contributed by atoms with Gasteiger partial charge < -0.3 is 9.30 Å². The third-order valence-corrected chi connectivity index (χ3v) is 4.74. The highest BCUT2D eigenvalue weighted by Gasteiger charge is 2.34. The molecule has 2 aromatic rings. The second-order valence-electron chi connectivity index (χ2n) is 6.34. The molecular formula is C18H21N3O4. The van der Waals surface area contributed by atoms with Gasteiger partial charge in [0.1, 0.15) is 5.82 Å². The minimum atomic E-state index is -0.448. The van der Waals surface area contributed by atoms with Crippen LogP contribution in [-0.2, 0) is 11.8 Å². The number of nitro benzene ring substituents is 1. The lowest BCUT2D eigenvalue weighted by Crippen LogP contribution is -2.24. The normalized spacial score (nSPS) is 15.4. The first-order chi connectivity index (χ1) is 12.0. The third-order valence-electron chi connectivity index (χ3n) is 4.74. The lowest BCUT2D eigenvalue weighted by molar-refractivity contribution is -0.384. The van der Waals surface area contributed by atoms with Gasteiger partial charge in [-0.25, -0.2) is 9.78 Å². The summed E-state index contributed by atoms with van der Waals surface area (Å²) in [5, 5.41) is 11.1. The Kier molecular flexibility index (Phi) is 4.83. The van der Waals surface area contributed by atoms with Crippen LogP contribution < -0.4 is 0 Å². The second kappa shape index (κ2) is 7.04. The molecule has 1 unspecified atom stereocenters. The number of non-ortho nitro benzene ring substituents is 1. The summed E-state index contributed by atoms with van der Waals surface area (Å²) in [7, 11) is 1.84. The number of hydrogen-bond acceptors (Lipinski definition) is 5. The number of esters is 1. The molecule has 1 atom stereocenters. The molecule has 0 spiro atoms. The van der Waals surface area contributed by atoms with Crippen molar-refractivity contribution in [1.82, 2.24) is 9.55 Å². The fourth-order valence-corrected chi connectivity index (χ4v) is 3.31. The van der Waals surface area contributed by atoms with Gasteiger partial charge in [-0.1, -0.05) is 18.6 Å². The Bertz CT molecular complexity index is 795. The molecule has 0 aliphatic heterocycles. The number of rotatable bonds is 6. The van der Waals surface area contributed by atoms with Crippen LogP contribution in [0.15, 0.2) is 30.5 Å². The monoisotopic (exact) mass is 343 g/mol. The van der Waals surface area contributed by atoms with Crippen molar-refractivity contribution >= 4 is 11.7 Å². The molecule has 1 aromatic heterocycles. The standard InChI is InChI=1S/C18H21N3O4/c1-3-25-18(22)15-11-20(2)17(19-15)16(12-6-4-7-12)13-8-5-9-14(10-13)21(23)24/h5,8-12,16H,3-4,6-7H2,1-2H3. The van der Waals surface area contributed by atoms with Crippen molar-refractivity contribution in [2.24, 2.45) is 13.0 Å². The van der Waals surface area contributed by atoms with Gasteiger partial charge in [0.05, 0.1) is 11.5 Å². The molecule has 7 nitrogen and oxygen atoms in total. The average Bonchev–Trinajstić information content (AvgIpc) is 2.92. The van der Waals surface area contributed by atoms with Crippen molar-refractivity contribution < 1.29 is 14.5 Å². The van der Waals surface area contributed by atoms with Crippen molar-refractivity contribution in [3.05, 3.63) is 57.7 Å². The second-order valence-corrected chi connectivity index (χ2v) is 6.34. The molecule has 0 N–H and O–H groups in total. The van der Waals surface area contributed by atoms with Gasteiger partial charge in [0, 0.05) is 31.3 Å². The van der Waals surface area contributed by atoms with Gasteiger partial charge in [0.15, 0.2) is 5.69 Å². The zero-order valence-corrected chi connectivity index (χ0v) is 14.3. The topological polar surface area (TPSA) is 87.3 Å². The van der Waals surface area contributed by atoms with Crippen LogP contribution >= 0.6 is 0 Å². The molecule has 132 valence electrons. The maximum atomic E-state index is 12.0. The molecule has 1 aliphatic carbocycles. The predicted octanol–water partition coefficient (Wildman–Crippen LogP) is 3.44. The van der Waals surface area contributed by atoms with Crippen molar-refractivity contribution in [3.63, 3.8) is 0 Å². The molecule has 1 aromatic carbocycles. The van der Waals surface area contributed by atoms with E-state index in [-0.39, 0.29) is 22.2 Å². The quantitative estimate of drug-likeness (QED) is 0.455. The average molecular weight is 343 g/mol. The van der Waals surface area contributed by atoms with Gasteiger partial charge in [-0.3, -0.25) is 10.1 Å². The van der Waals surface area contributed by atoms with E-state index in [2.05, 4.69) is 4.98 Å². The molecule has 0 amide bonds. The number of ether oxygens (including phenoxy) is 1. The Morgan fingerprint density at radius 1 is 1.48 bits per heavy atom. The van der Waals surface area contributed by atoms with Crippen LogP contribution in [0.2, 0.25) is 0 Å². The Hall–Kier alpha value is -2.70. The maximum Gasteiger partial charge on any atom is 0.358 e. The number of hydrogen-bond donors (Lipinski definition) is 0. The first-order valence-electron chi connectivity index (χ1n) is 8.46. The van der Waals surface area contributed by atoms with Crippen LogP contribution in [0.5, 0.6) is 0 Å². The summed E-state index contributed by atoms with van der Waals surface area (Å²) >= 11 is 0. The molecule has 0 radical (unpaired) electrons. The number of aromatic nitrogens is 2. The number of aryl methyl sites for hydroxylation is 1. The molecule has 1 heterocycles. The molecule has 1 fully saturated rings. The van der Waals surface area contributed by atoms with E-state index in [1.165, 1.54) is 6.07 Å². The zero-order chi connectivity index (χ0) is 18.0. The number of benzene rings is 1. The summed E-state index contributed by atoms with van der Waals surface area (Å²) in [6, 6.07) is 6.70. The highest BCUT2D eigenvalue weighted by molar-refractivity contribution is 5.87. The lowest BCUT2D eigenvalue weighted by atomic mass is 9.72. The molecule has 25 heavy (non-hydrogen) atoms. The fraction of sp³-hybridized carbons (Fsp3) is 0.444. The van der Waals surface area contributed by atoms with E-state index >= 15 is 0 Å². The number of imidazole rings is 1. The van der Waals surface area contributed by atoms with Crippen LogP contribution in [0.3, 0.4) is 0 Å². The van der Waals surface area contributed by atoms with Crippen LogP contribution in [0.1, 0.15) is 54.0 Å². The van der Waals surface area contributed by atoms with Gasteiger partial charge >= 0.3 is 5.97 Å². The van der Waals surface area contributed by atoms with Crippen LogP contribution in [0.25, 0.3) is 0 Å². The van der Waals surface area contributed by atoms with Crippen LogP contribution in [0, 0.1) is 16.0 Å². The molecule has 1 aliphatic rings. The number of carbonyl (C=O) groups excluding carboxylic acids is 1. The number of nitrogens with zero attached hydrogens (tertiary/aromatic N) is 3. The highest BCUT2D eigenvalue weighted by atomic mass is 16.6. The maximum absolute atomic E-state index is 12.0. The summed E-state index contributed by atoms with van der Waals surface area (Å²) in [5.41, 5.74) is 1.21. The predicted molar refractivity (Wildman–Crippen MR) is 91.4 cm³/mol. The Morgan fingerprint density at radius 3 is 2.84 bits per heavy atom. The van der Waals surface area contributed by atoms with Gasteiger partial charge in [-0.05, 0) is 31.2 Å².